The summed E-state index contributed by atoms with van der Waals surface area (Å²) in [6, 6.07) is 5.54. The van der Waals surface area contributed by atoms with Crippen LogP contribution in [-0.4, -0.2) is 11.1 Å². The summed E-state index contributed by atoms with van der Waals surface area (Å²) >= 11 is 2.03. The predicted octanol–water partition coefficient (Wildman–Crippen LogP) is 2.10. The second kappa shape index (κ2) is 4.42. The van der Waals surface area contributed by atoms with Crippen LogP contribution in [0.5, 0.6) is 0 Å². The van der Waals surface area contributed by atoms with Crippen LogP contribution in [0.1, 0.15) is 16.7 Å². The molecule has 3 nitrogen and oxygen atoms in total. The minimum Gasteiger partial charge on any atom is -0.481 e. The quantitative estimate of drug-likeness (QED) is 0.851. The van der Waals surface area contributed by atoms with E-state index >= 15 is 0 Å². The van der Waals surface area contributed by atoms with E-state index in [9.17, 15) is 4.79 Å². The molecule has 0 heterocycles. The number of carbonyl (C=O) groups is 1. The average molecular weight is 301 g/mol. The van der Waals surface area contributed by atoms with Gasteiger partial charge in [-0.05, 0) is 52.8 Å². The Morgan fingerprint density at radius 3 is 2.79 bits per heavy atom. The first-order chi connectivity index (χ1) is 6.54. The number of carboxylic acid groups (broad SMARTS) is 1. The van der Waals surface area contributed by atoms with Crippen molar-refractivity contribution in [2.24, 2.45) is 0 Å². The molecule has 0 atom stereocenters. The first-order valence-corrected chi connectivity index (χ1v) is 5.03. The number of nitrogens with zero attached hydrogens (tertiary/aromatic N) is 1. The van der Waals surface area contributed by atoms with E-state index in [1.165, 1.54) is 0 Å². The normalized spacial score (nSPS) is 9.50. The molecule has 0 radical (unpaired) electrons. The van der Waals surface area contributed by atoms with Crippen molar-refractivity contribution in [3.8, 4) is 6.07 Å². The van der Waals surface area contributed by atoms with E-state index < -0.39 is 5.97 Å². The van der Waals surface area contributed by atoms with Gasteiger partial charge in [0.15, 0.2) is 0 Å². The zero-order valence-electron chi connectivity index (χ0n) is 7.54. The fourth-order valence-corrected chi connectivity index (χ4v) is 1.81. The third-order valence-corrected chi connectivity index (χ3v) is 2.78. The molecule has 0 unspecified atom stereocenters. The van der Waals surface area contributed by atoms with Crippen molar-refractivity contribution in [3.05, 3.63) is 32.4 Å². The second-order valence-corrected chi connectivity index (χ2v) is 4.10. The molecule has 1 aromatic carbocycles. The fourth-order valence-electron chi connectivity index (χ4n) is 1.16. The van der Waals surface area contributed by atoms with Crippen molar-refractivity contribution in [3.63, 3.8) is 0 Å². The van der Waals surface area contributed by atoms with Crippen LogP contribution in [0.3, 0.4) is 0 Å². The molecule has 0 aromatic heterocycles. The van der Waals surface area contributed by atoms with Gasteiger partial charge in [-0.1, -0.05) is 0 Å². The van der Waals surface area contributed by atoms with Crippen LogP contribution < -0.4 is 0 Å². The lowest BCUT2D eigenvalue weighted by atomic mass is 10.0. The number of benzene rings is 1. The number of nitriles is 1. The first-order valence-electron chi connectivity index (χ1n) is 3.95. The van der Waals surface area contributed by atoms with E-state index in [-0.39, 0.29) is 6.42 Å². The lowest BCUT2D eigenvalue weighted by molar-refractivity contribution is -0.136. The summed E-state index contributed by atoms with van der Waals surface area (Å²) in [5.41, 5.74) is 2.21. The molecule has 0 saturated carbocycles. The van der Waals surface area contributed by atoms with Crippen molar-refractivity contribution in [1.29, 1.82) is 5.26 Å². The minimum absolute atomic E-state index is 0.00748. The standard InChI is InChI=1S/C10H8INO2/c1-6-2-8(5-12)9(11)3-7(6)4-10(13)14/h2-3H,4H2,1H3,(H,13,14). The molecule has 0 bridgehead atoms. The van der Waals surface area contributed by atoms with Crippen molar-refractivity contribution in [2.75, 3.05) is 0 Å². The minimum atomic E-state index is -0.853. The fraction of sp³-hybridized carbons (Fsp3) is 0.200. The molecule has 14 heavy (non-hydrogen) atoms. The summed E-state index contributed by atoms with van der Waals surface area (Å²) in [5.74, 6) is -0.853. The van der Waals surface area contributed by atoms with Gasteiger partial charge in [-0.2, -0.15) is 5.26 Å². The summed E-state index contributed by atoms with van der Waals surface area (Å²) in [4.78, 5) is 10.5. The number of aryl methyl sites for hydroxylation is 1. The highest BCUT2D eigenvalue weighted by Crippen LogP contribution is 2.18. The van der Waals surface area contributed by atoms with Gasteiger partial charge in [0, 0.05) is 3.57 Å². The van der Waals surface area contributed by atoms with E-state index in [2.05, 4.69) is 6.07 Å². The van der Waals surface area contributed by atoms with Gasteiger partial charge >= 0.3 is 5.97 Å². The van der Waals surface area contributed by atoms with Crippen LogP contribution in [0.4, 0.5) is 0 Å². The van der Waals surface area contributed by atoms with Crippen molar-refractivity contribution in [1.82, 2.24) is 0 Å². The molecule has 0 saturated heterocycles. The highest BCUT2D eigenvalue weighted by molar-refractivity contribution is 14.1. The van der Waals surface area contributed by atoms with Gasteiger partial charge < -0.3 is 5.11 Å². The monoisotopic (exact) mass is 301 g/mol. The third-order valence-electron chi connectivity index (χ3n) is 1.89. The maximum absolute atomic E-state index is 10.5. The van der Waals surface area contributed by atoms with Gasteiger partial charge in [0.1, 0.15) is 6.07 Å². The second-order valence-electron chi connectivity index (χ2n) is 2.94. The molecule has 0 aliphatic heterocycles. The lowest BCUT2D eigenvalue weighted by Crippen LogP contribution is -2.03. The van der Waals surface area contributed by atoms with Crippen LogP contribution in [0.25, 0.3) is 0 Å². The van der Waals surface area contributed by atoms with E-state index in [1.54, 1.807) is 12.1 Å². The molecule has 1 aromatic rings. The van der Waals surface area contributed by atoms with Crippen molar-refractivity contribution in [2.45, 2.75) is 13.3 Å². The van der Waals surface area contributed by atoms with Crippen molar-refractivity contribution >= 4 is 28.6 Å². The summed E-state index contributed by atoms with van der Waals surface area (Å²) in [7, 11) is 0. The van der Waals surface area contributed by atoms with Gasteiger partial charge in [0.05, 0.1) is 12.0 Å². The van der Waals surface area contributed by atoms with Crippen LogP contribution in [0.2, 0.25) is 0 Å². The first kappa shape index (κ1) is 11.0. The zero-order chi connectivity index (χ0) is 10.7. The predicted molar refractivity (Wildman–Crippen MR) is 60.0 cm³/mol. The number of hydrogen-bond acceptors (Lipinski definition) is 2. The molecule has 0 spiro atoms. The Bertz CT molecular complexity index is 421. The molecule has 0 aliphatic rings. The largest absolute Gasteiger partial charge is 0.481 e. The van der Waals surface area contributed by atoms with Crippen molar-refractivity contribution < 1.29 is 9.90 Å². The zero-order valence-corrected chi connectivity index (χ0v) is 9.70. The molecule has 0 fully saturated rings. The number of carboxylic acids is 1. The molecular formula is C10H8INO2. The Kier molecular flexibility index (Phi) is 3.47. The Hall–Kier alpha value is -1.09. The van der Waals surface area contributed by atoms with E-state index in [0.29, 0.717) is 5.56 Å². The Labute approximate surface area is 95.5 Å². The van der Waals surface area contributed by atoms with Gasteiger partial charge in [-0.25, -0.2) is 0 Å². The van der Waals surface area contributed by atoms with Gasteiger partial charge in [0.25, 0.3) is 0 Å². The summed E-state index contributed by atoms with van der Waals surface area (Å²) < 4.78 is 0.798. The number of rotatable bonds is 2. The SMILES string of the molecule is Cc1cc(C#N)c(I)cc1CC(=O)O. The summed E-state index contributed by atoms with van der Waals surface area (Å²) in [6.07, 6.45) is 0.00748. The smallest absolute Gasteiger partial charge is 0.307 e. The Balaban J connectivity index is 3.16. The third kappa shape index (κ3) is 2.45. The average Bonchev–Trinajstić information content (AvgIpc) is 2.10. The van der Waals surface area contributed by atoms with Crippen LogP contribution in [0.15, 0.2) is 12.1 Å². The molecule has 0 amide bonds. The van der Waals surface area contributed by atoms with Crippen LogP contribution >= 0.6 is 22.6 Å². The Morgan fingerprint density at radius 1 is 1.64 bits per heavy atom. The van der Waals surface area contributed by atoms with E-state index in [1.807, 2.05) is 29.5 Å². The lowest BCUT2D eigenvalue weighted by Gasteiger charge is -2.04. The maximum Gasteiger partial charge on any atom is 0.307 e. The summed E-state index contributed by atoms with van der Waals surface area (Å²) in [6.45, 7) is 1.81. The van der Waals surface area contributed by atoms with Crippen LogP contribution in [-0.2, 0) is 11.2 Å². The highest BCUT2D eigenvalue weighted by Gasteiger charge is 2.07. The van der Waals surface area contributed by atoms with Crippen LogP contribution in [0, 0.1) is 21.8 Å². The molecular weight excluding hydrogens is 293 g/mol. The highest BCUT2D eigenvalue weighted by atomic mass is 127. The molecule has 72 valence electrons. The summed E-state index contributed by atoms with van der Waals surface area (Å²) in [5, 5.41) is 17.4. The molecule has 0 aliphatic carbocycles. The molecule has 1 rings (SSSR count). The molecule has 4 heteroatoms. The number of aliphatic carboxylic acids is 1. The van der Waals surface area contributed by atoms with Gasteiger partial charge in [-0.3, -0.25) is 4.79 Å². The van der Waals surface area contributed by atoms with E-state index in [0.717, 1.165) is 14.7 Å². The number of hydrogen-bond donors (Lipinski definition) is 1. The van der Waals surface area contributed by atoms with E-state index in [4.69, 9.17) is 10.4 Å². The van der Waals surface area contributed by atoms with Gasteiger partial charge in [0.2, 0.25) is 0 Å². The Morgan fingerprint density at radius 2 is 2.29 bits per heavy atom. The topological polar surface area (TPSA) is 61.1 Å². The number of halogens is 1. The molecule has 1 N–H and O–H groups in total. The maximum atomic E-state index is 10.5. The van der Waals surface area contributed by atoms with Gasteiger partial charge in [-0.15, -0.1) is 0 Å².